The number of amides is 1. The van der Waals surface area contributed by atoms with E-state index in [2.05, 4.69) is 10.3 Å². The van der Waals surface area contributed by atoms with Crippen molar-refractivity contribution in [3.63, 3.8) is 0 Å². The third kappa shape index (κ3) is 3.82. The molecule has 1 aliphatic carbocycles. The smallest absolute Gasteiger partial charge is 0.310 e. The van der Waals surface area contributed by atoms with Gasteiger partial charge in [0.25, 0.3) is 5.91 Å². The maximum absolute atomic E-state index is 12.7. The maximum atomic E-state index is 12.7. The lowest BCUT2D eigenvalue weighted by atomic mass is 9.95. The van der Waals surface area contributed by atoms with Gasteiger partial charge in [-0.3, -0.25) is 14.9 Å². The molecule has 4 aromatic rings. The molecule has 2 N–H and O–H groups in total. The van der Waals surface area contributed by atoms with Crippen LogP contribution in [-0.2, 0) is 17.6 Å². The molecule has 8 nitrogen and oxygen atoms in total. The number of fused-ring (bicyclic) bond motifs is 2. The summed E-state index contributed by atoms with van der Waals surface area (Å²) in [4.78, 5) is 32.7. The van der Waals surface area contributed by atoms with Crippen LogP contribution in [0.4, 0.5) is 10.7 Å². The first-order valence-electron chi connectivity index (χ1n) is 10.4. The summed E-state index contributed by atoms with van der Waals surface area (Å²) in [6.07, 6.45) is 4.16. The van der Waals surface area contributed by atoms with E-state index in [1.807, 2.05) is 24.3 Å². The van der Waals surface area contributed by atoms with E-state index in [9.17, 15) is 14.9 Å². The molecule has 1 amide bonds. The summed E-state index contributed by atoms with van der Waals surface area (Å²) in [6, 6.07) is 13.8. The fraction of sp³-hybridized carbons (Fsp3) is 0.217. The molecule has 9 heteroatoms. The Bertz CT molecular complexity index is 1290. The van der Waals surface area contributed by atoms with Crippen molar-refractivity contribution in [2.75, 3.05) is 11.9 Å². The van der Waals surface area contributed by atoms with E-state index in [4.69, 9.17) is 9.72 Å². The fourth-order valence-corrected chi connectivity index (χ4v) is 5.32. The number of benzene rings is 2. The van der Waals surface area contributed by atoms with Crippen molar-refractivity contribution >= 4 is 39.0 Å². The molecule has 0 spiro atoms. The predicted octanol–water partition coefficient (Wildman–Crippen LogP) is 5.10. The predicted molar refractivity (Wildman–Crippen MR) is 123 cm³/mol. The highest BCUT2D eigenvalue weighted by atomic mass is 32.1. The van der Waals surface area contributed by atoms with Crippen LogP contribution in [0.25, 0.3) is 22.4 Å². The van der Waals surface area contributed by atoms with Crippen LogP contribution in [0.5, 0.6) is 5.75 Å². The van der Waals surface area contributed by atoms with E-state index in [0.717, 1.165) is 53.1 Å². The van der Waals surface area contributed by atoms with Crippen LogP contribution in [0.2, 0.25) is 0 Å². The summed E-state index contributed by atoms with van der Waals surface area (Å²) in [5.41, 5.74) is 3.80. The largest absolute Gasteiger partial charge is 0.477 e. The second-order valence-electron chi connectivity index (χ2n) is 7.58. The molecule has 0 unspecified atom stereocenters. The first-order chi connectivity index (χ1) is 15.6. The van der Waals surface area contributed by atoms with Crippen molar-refractivity contribution in [3.8, 4) is 17.1 Å². The summed E-state index contributed by atoms with van der Waals surface area (Å²) in [5.74, 6) is 0.426. The molecule has 1 aliphatic rings. The van der Waals surface area contributed by atoms with Crippen LogP contribution in [0, 0.1) is 10.1 Å². The number of imidazole rings is 1. The average Bonchev–Trinajstić information content (AvgIpc) is 3.38. The molecule has 0 bridgehead atoms. The number of ether oxygens (including phenoxy) is 1. The van der Waals surface area contributed by atoms with E-state index in [0.29, 0.717) is 0 Å². The Hall–Kier alpha value is -3.72. The third-order valence-electron chi connectivity index (χ3n) is 5.47. The standard InChI is InChI=1S/C23H20N4O4S/c28-20(13-31-18-11-5-4-10-17(18)27(29)30)26-23-21(14-7-1-6-12-19(14)32-23)22-24-15-8-2-3-9-16(15)25-22/h2-5,8-11H,1,6-7,12-13H2,(H,24,25)(H,26,28). The number of aromatic amines is 1. The van der Waals surface area contributed by atoms with Gasteiger partial charge >= 0.3 is 5.69 Å². The van der Waals surface area contributed by atoms with Crippen molar-refractivity contribution < 1.29 is 14.5 Å². The van der Waals surface area contributed by atoms with Gasteiger partial charge in [-0.1, -0.05) is 24.3 Å². The van der Waals surface area contributed by atoms with Crippen LogP contribution in [-0.4, -0.2) is 27.4 Å². The summed E-state index contributed by atoms with van der Waals surface area (Å²) in [5, 5.41) is 14.8. The number of nitrogens with one attached hydrogen (secondary N) is 2. The van der Waals surface area contributed by atoms with Crippen LogP contribution in [0.3, 0.4) is 0 Å². The number of para-hydroxylation sites is 4. The molecule has 32 heavy (non-hydrogen) atoms. The molecule has 162 valence electrons. The molecular formula is C23H20N4O4S. The van der Waals surface area contributed by atoms with Crippen molar-refractivity contribution in [1.29, 1.82) is 0 Å². The minimum atomic E-state index is -0.528. The lowest BCUT2D eigenvalue weighted by Gasteiger charge is -2.12. The number of hydrogen-bond donors (Lipinski definition) is 2. The summed E-state index contributed by atoms with van der Waals surface area (Å²) >= 11 is 1.57. The Morgan fingerprint density at radius 1 is 1.16 bits per heavy atom. The molecule has 2 heterocycles. The highest BCUT2D eigenvalue weighted by Gasteiger charge is 2.25. The summed E-state index contributed by atoms with van der Waals surface area (Å²) < 4.78 is 5.46. The maximum Gasteiger partial charge on any atom is 0.310 e. The van der Waals surface area contributed by atoms with E-state index in [1.165, 1.54) is 22.6 Å². The van der Waals surface area contributed by atoms with Crippen LogP contribution in [0.1, 0.15) is 23.3 Å². The molecule has 2 aromatic carbocycles. The van der Waals surface area contributed by atoms with Crippen molar-refractivity contribution in [3.05, 3.63) is 69.1 Å². The van der Waals surface area contributed by atoms with E-state index < -0.39 is 4.92 Å². The van der Waals surface area contributed by atoms with Gasteiger partial charge in [0.05, 0.1) is 21.5 Å². The molecule has 0 atom stereocenters. The minimum absolute atomic E-state index is 0.0654. The topological polar surface area (TPSA) is 110 Å². The van der Waals surface area contributed by atoms with E-state index in [-0.39, 0.29) is 24.0 Å². The first-order valence-corrected chi connectivity index (χ1v) is 11.2. The SMILES string of the molecule is O=C(COc1ccccc1[N+](=O)[O-])Nc1sc2c(c1-c1nc3ccccc3[nH]1)CCCC2. The second-order valence-corrected chi connectivity index (χ2v) is 8.68. The van der Waals surface area contributed by atoms with Gasteiger partial charge in [0.15, 0.2) is 12.4 Å². The normalized spacial score (nSPS) is 13.0. The van der Waals surface area contributed by atoms with Crippen molar-refractivity contribution in [2.45, 2.75) is 25.7 Å². The lowest BCUT2D eigenvalue weighted by molar-refractivity contribution is -0.385. The third-order valence-corrected chi connectivity index (χ3v) is 6.68. The fourth-order valence-electron chi connectivity index (χ4n) is 4.01. The molecule has 0 saturated carbocycles. The number of thiophene rings is 1. The number of aryl methyl sites for hydroxylation is 1. The summed E-state index contributed by atoms with van der Waals surface area (Å²) in [6.45, 7) is -0.326. The van der Waals surface area contributed by atoms with E-state index in [1.54, 1.807) is 23.5 Å². The molecular weight excluding hydrogens is 428 g/mol. The average molecular weight is 449 g/mol. The zero-order chi connectivity index (χ0) is 22.1. The molecule has 0 radical (unpaired) electrons. The Labute approximate surface area is 187 Å². The van der Waals surface area contributed by atoms with Crippen LogP contribution >= 0.6 is 11.3 Å². The number of nitrogens with zero attached hydrogens (tertiary/aromatic N) is 2. The first kappa shape index (κ1) is 20.2. The van der Waals surface area contributed by atoms with Gasteiger partial charge in [-0.15, -0.1) is 11.3 Å². The number of carbonyl (C=O) groups is 1. The van der Waals surface area contributed by atoms with E-state index >= 15 is 0 Å². The number of carbonyl (C=O) groups excluding carboxylic acids is 1. The Morgan fingerprint density at radius 3 is 2.78 bits per heavy atom. The van der Waals surface area contributed by atoms with Crippen molar-refractivity contribution in [1.82, 2.24) is 9.97 Å². The van der Waals surface area contributed by atoms with Gasteiger partial charge in [0.2, 0.25) is 0 Å². The molecule has 2 aromatic heterocycles. The molecule has 0 aliphatic heterocycles. The second kappa shape index (κ2) is 8.43. The number of nitro groups is 1. The van der Waals surface area contributed by atoms with Gasteiger partial charge in [-0.05, 0) is 49.4 Å². The quantitative estimate of drug-likeness (QED) is 0.315. The van der Waals surface area contributed by atoms with Crippen molar-refractivity contribution in [2.24, 2.45) is 0 Å². The Balaban J connectivity index is 1.42. The monoisotopic (exact) mass is 448 g/mol. The molecule has 5 rings (SSSR count). The number of hydrogen-bond acceptors (Lipinski definition) is 6. The van der Waals surface area contributed by atoms with Gasteiger partial charge in [0, 0.05) is 10.9 Å². The zero-order valence-electron chi connectivity index (χ0n) is 17.1. The molecule has 0 fully saturated rings. The Kier molecular flexibility index (Phi) is 5.32. The number of nitro benzene ring substituents is 1. The molecule has 0 saturated heterocycles. The van der Waals surface area contributed by atoms with Gasteiger partial charge in [0.1, 0.15) is 10.8 Å². The Morgan fingerprint density at radius 2 is 1.94 bits per heavy atom. The number of aromatic nitrogens is 2. The zero-order valence-corrected chi connectivity index (χ0v) is 17.9. The van der Waals surface area contributed by atoms with Gasteiger partial charge in [-0.2, -0.15) is 0 Å². The highest BCUT2D eigenvalue weighted by Crippen LogP contribution is 2.43. The minimum Gasteiger partial charge on any atom is -0.477 e. The summed E-state index contributed by atoms with van der Waals surface area (Å²) in [7, 11) is 0. The number of rotatable bonds is 6. The van der Waals surface area contributed by atoms with Gasteiger partial charge < -0.3 is 15.0 Å². The van der Waals surface area contributed by atoms with Crippen LogP contribution in [0.15, 0.2) is 48.5 Å². The highest BCUT2D eigenvalue weighted by molar-refractivity contribution is 7.17. The van der Waals surface area contributed by atoms with Gasteiger partial charge in [-0.25, -0.2) is 4.98 Å². The lowest BCUT2D eigenvalue weighted by Crippen LogP contribution is -2.20. The number of anilines is 1. The van der Waals surface area contributed by atoms with Crippen LogP contribution < -0.4 is 10.1 Å². The number of H-pyrrole nitrogens is 1.